The molecule has 6 heteroatoms. The molecule has 1 aromatic heterocycles. The lowest BCUT2D eigenvalue weighted by atomic mass is 10.2. The largest absolute Gasteiger partial charge is 0.619 e. The van der Waals surface area contributed by atoms with E-state index in [9.17, 15) is 10.0 Å². The van der Waals surface area contributed by atoms with Gasteiger partial charge in [0, 0.05) is 27.7 Å². The highest BCUT2D eigenvalue weighted by Crippen LogP contribution is 2.25. The van der Waals surface area contributed by atoms with Crippen molar-refractivity contribution in [3.05, 3.63) is 69.1 Å². The van der Waals surface area contributed by atoms with Gasteiger partial charge in [-0.05, 0) is 12.1 Å². The van der Waals surface area contributed by atoms with E-state index in [0.29, 0.717) is 20.3 Å². The molecule has 2 aromatic rings. The predicted molar refractivity (Wildman–Crippen MR) is 71.0 cm³/mol. The predicted octanol–water partition coefficient (Wildman–Crippen LogP) is 2.98. The van der Waals surface area contributed by atoms with Gasteiger partial charge in [-0.1, -0.05) is 29.3 Å². The first-order valence-electron chi connectivity index (χ1n) is 5.37. The fourth-order valence-electron chi connectivity index (χ4n) is 1.44. The summed E-state index contributed by atoms with van der Waals surface area (Å²) in [6.07, 6.45) is 2.44. The molecule has 2 rings (SSSR count). The molecule has 0 amide bonds. The quantitative estimate of drug-likeness (QED) is 0.497. The van der Waals surface area contributed by atoms with Crippen LogP contribution in [0.5, 0.6) is 0 Å². The van der Waals surface area contributed by atoms with Gasteiger partial charge in [-0.15, -0.1) is 0 Å². The summed E-state index contributed by atoms with van der Waals surface area (Å²) in [6, 6.07) is 7.80. The van der Waals surface area contributed by atoms with Gasteiger partial charge in [0.1, 0.15) is 6.61 Å². The van der Waals surface area contributed by atoms with E-state index in [4.69, 9.17) is 27.9 Å². The zero-order valence-corrected chi connectivity index (χ0v) is 11.2. The summed E-state index contributed by atoms with van der Waals surface area (Å²) >= 11 is 11.9. The molecule has 0 fully saturated rings. The lowest BCUT2D eigenvalue weighted by molar-refractivity contribution is -0.605. The lowest BCUT2D eigenvalue weighted by Gasteiger charge is -2.08. The molecule has 0 N–H and O–H groups in total. The van der Waals surface area contributed by atoms with Crippen molar-refractivity contribution in [2.45, 2.75) is 6.61 Å². The van der Waals surface area contributed by atoms with Crippen LogP contribution in [0.25, 0.3) is 0 Å². The molecular formula is C13H9Cl2NO3. The topological polar surface area (TPSA) is 53.2 Å². The van der Waals surface area contributed by atoms with E-state index in [0.717, 1.165) is 0 Å². The number of benzene rings is 1. The second kappa shape index (κ2) is 5.91. The fraction of sp³-hybridized carbons (Fsp3) is 0.0769. The first-order chi connectivity index (χ1) is 9.08. The van der Waals surface area contributed by atoms with E-state index in [-0.39, 0.29) is 12.2 Å². The molecule has 0 atom stereocenters. The molecule has 1 heterocycles. The number of carbonyl (C=O) groups excluding carboxylic acids is 1. The summed E-state index contributed by atoms with van der Waals surface area (Å²) in [7, 11) is 0. The third kappa shape index (κ3) is 3.36. The zero-order valence-electron chi connectivity index (χ0n) is 9.68. The van der Waals surface area contributed by atoms with Gasteiger partial charge < -0.3 is 9.94 Å². The van der Waals surface area contributed by atoms with Crippen molar-refractivity contribution in [1.82, 2.24) is 0 Å². The molecule has 0 aliphatic heterocycles. The van der Waals surface area contributed by atoms with Gasteiger partial charge in [-0.3, -0.25) is 0 Å². The van der Waals surface area contributed by atoms with Crippen molar-refractivity contribution >= 4 is 29.2 Å². The number of halogens is 2. The number of ether oxygens (including phenoxy) is 1. The molecule has 0 bridgehead atoms. The smallest absolute Gasteiger partial charge is 0.338 e. The van der Waals surface area contributed by atoms with Crippen LogP contribution in [-0.2, 0) is 11.3 Å². The van der Waals surface area contributed by atoms with Gasteiger partial charge in [0.25, 0.3) is 0 Å². The number of rotatable bonds is 3. The van der Waals surface area contributed by atoms with Crippen LogP contribution in [0.15, 0.2) is 42.7 Å². The highest BCUT2D eigenvalue weighted by Gasteiger charge is 2.11. The maximum atomic E-state index is 11.7. The third-order valence-electron chi connectivity index (χ3n) is 2.45. The summed E-state index contributed by atoms with van der Waals surface area (Å²) < 4.78 is 5.68. The maximum Gasteiger partial charge on any atom is 0.338 e. The Kier molecular flexibility index (Phi) is 4.24. The van der Waals surface area contributed by atoms with Crippen LogP contribution in [0.1, 0.15) is 15.9 Å². The monoisotopic (exact) mass is 297 g/mol. The molecule has 0 aliphatic carbocycles. The van der Waals surface area contributed by atoms with Crippen LogP contribution in [0, 0.1) is 5.21 Å². The van der Waals surface area contributed by atoms with Gasteiger partial charge in [-0.2, -0.15) is 4.73 Å². The van der Waals surface area contributed by atoms with Crippen LogP contribution >= 0.6 is 23.2 Å². The van der Waals surface area contributed by atoms with Crippen LogP contribution in [-0.4, -0.2) is 5.97 Å². The summed E-state index contributed by atoms with van der Waals surface area (Å²) in [5.41, 5.74) is 0.837. The van der Waals surface area contributed by atoms with E-state index in [1.807, 2.05) is 0 Å². The summed E-state index contributed by atoms with van der Waals surface area (Å²) in [6.45, 7) is -0.0242. The zero-order chi connectivity index (χ0) is 13.8. The van der Waals surface area contributed by atoms with Gasteiger partial charge in [0.2, 0.25) is 0 Å². The normalized spacial score (nSPS) is 10.2. The minimum Gasteiger partial charge on any atom is -0.619 e. The van der Waals surface area contributed by atoms with Crippen LogP contribution in [0.3, 0.4) is 0 Å². The lowest BCUT2D eigenvalue weighted by Crippen LogP contribution is -2.24. The summed E-state index contributed by atoms with van der Waals surface area (Å²) in [4.78, 5) is 11.7. The number of pyridine rings is 1. The molecule has 0 radical (unpaired) electrons. The molecule has 0 saturated heterocycles. The van der Waals surface area contributed by atoms with Crippen molar-refractivity contribution in [3.63, 3.8) is 0 Å². The Morgan fingerprint density at radius 1 is 1.16 bits per heavy atom. The minimum absolute atomic E-state index is 0.0242. The Labute approximate surface area is 119 Å². The van der Waals surface area contributed by atoms with Crippen LogP contribution in [0.4, 0.5) is 0 Å². The van der Waals surface area contributed by atoms with Crippen molar-refractivity contribution in [1.29, 1.82) is 0 Å². The highest BCUT2D eigenvalue weighted by molar-refractivity contribution is 6.35. The molecule has 0 saturated carbocycles. The Morgan fingerprint density at radius 2 is 1.74 bits per heavy atom. The number of hydrogen-bond donors (Lipinski definition) is 0. The van der Waals surface area contributed by atoms with Gasteiger partial charge in [0.15, 0.2) is 12.4 Å². The van der Waals surface area contributed by atoms with Gasteiger partial charge in [0.05, 0.1) is 5.56 Å². The molecule has 0 unspecified atom stereocenters. The third-order valence-corrected chi connectivity index (χ3v) is 3.16. The average molecular weight is 298 g/mol. The first kappa shape index (κ1) is 13.6. The van der Waals surface area contributed by atoms with Crippen molar-refractivity contribution in [2.75, 3.05) is 0 Å². The highest BCUT2D eigenvalue weighted by atomic mass is 35.5. The SMILES string of the molecule is O=C(OCc1c(Cl)cccc1Cl)c1cc[n+]([O-])cc1. The molecule has 0 spiro atoms. The average Bonchev–Trinajstić information content (AvgIpc) is 2.38. The molecule has 1 aromatic carbocycles. The molecule has 98 valence electrons. The maximum absolute atomic E-state index is 11.7. The summed E-state index contributed by atoms with van der Waals surface area (Å²) in [5, 5.41) is 11.7. The number of hydrogen-bond acceptors (Lipinski definition) is 3. The number of carbonyl (C=O) groups is 1. The van der Waals surface area contributed by atoms with Crippen LogP contribution < -0.4 is 4.73 Å². The van der Waals surface area contributed by atoms with E-state index in [1.54, 1.807) is 18.2 Å². The van der Waals surface area contributed by atoms with Crippen molar-refractivity contribution in [2.24, 2.45) is 0 Å². The van der Waals surface area contributed by atoms with E-state index >= 15 is 0 Å². The van der Waals surface area contributed by atoms with E-state index in [1.165, 1.54) is 24.5 Å². The van der Waals surface area contributed by atoms with Crippen molar-refractivity contribution in [3.8, 4) is 0 Å². The Hall–Kier alpha value is -1.78. The number of esters is 1. The van der Waals surface area contributed by atoms with Gasteiger partial charge >= 0.3 is 5.97 Å². The van der Waals surface area contributed by atoms with E-state index < -0.39 is 5.97 Å². The number of aromatic nitrogens is 1. The summed E-state index contributed by atoms with van der Waals surface area (Å²) in [5.74, 6) is -0.545. The molecule has 0 aliphatic rings. The Morgan fingerprint density at radius 3 is 2.32 bits per heavy atom. The van der Waals surface area contributed by atoms with Crippen LogP contribution in [0.2, 0.25) is 10.0 Å². The molecular weight excluding hydrogens is 289 g/mol. The fourth-order valence-corrected chi connectivity index (χ4v) is 1.95. The Bertz CT molecular complexity index is 579. The number of nitrogens with zero attached hydrogens (tertiary/aromatic N) is 1. The standard InChI is InChI=1S/C13H9Cl2NO3/c14-11-2-1-3-12(15)10(11)8-19-13(17)9-4-6-16(18)7-5-9/h1-7H,8H2. The van der Waals surface area contributed by atoms with Crippen molar-refractivity contribution < 1.29 is 14.3 Å². The van der Waals surface area contributed by atoms with Gasteiger partial charge in [-0.25, -0.2) is 4.79 Å². The first-order valence-corrected chi connectivity index (χ1v) is 6.12. The van der Waals surface area contributed by atoms with E-state index in [2.05, 4.69) is 0 Å². The molecule has 4 nitrogen and oxygen atoms in total. The molecule has 19 heavy (non-hydrogen) atoms. The Balaban J connectivity index is 2.06. The second-order valence-electron chi connectivity index (χ2n) is 3.72. The second-order valence-corrected chi connectivity index (χ2v) is 4.54. The minimum atomic E-state index is -0.545.